The minimum absolute atomic E-state index is 0.104. The smallest absolute Gasteiger partial charge is 0.416 e. The van der Waals surface area contributed by atoms with Gasteiger partial charge in [-0.05, 0) is 43.1 Å². The van der Waals surface area contributed by atoms with E-state index in [0.29, 0.717) is 43.8 Å². The predicted octanol–water partition coefficient (Wildman–Crippen LogP) is 3.63. The second kappa shape index (κ2) is 7.39. The van der Waals surface area contributed by atoms with E-state index < -0.39 is 27.7 Å². The molecule has 2 aromatic carbocycles. The van der Waals surface area contributed by atoms with Gasteiger partial charge >= 0.3 is 6.18 Å². The number of para-hydroxylation sites is 1. The lowest BCUT2D eigenvalue weighted by molar-refractivity contribution is -0.137. The van der Waals surface area contributed by atoms with E-state index in [2.05, 4.69) is 4.72 Å². The first-order valence-electron chi connectivity index (χ1n) is 9.31. The maximum atomic E-state index is 13.0. The molecule has 0 bridgehead atoms. The van der Waals surface area contributed by atoms with Gasteiger partial charge in [0.2, 0.25) is 4.90 Å². The standard InChI is InChI=1S/C20H21F3N2O3S/c21-20(22,23)16-6-3-5-15(11-16)12-25-10-4-9-19(13-25)14-28-17-7-1-2-8-18(17)29(26,27)24-19/h1-3,5-8,11H,4,9-10,12-14H2,(H-,24,26,27). The Labute approximate surface area is 168 Å². The number of likely N-dealkylation sites (tertiary alicyclic amines) is 1. The Kier molecular flexibility index (Phi) is 5.18. The highest BCUT2D eigenvalue weighted by Gasteiger charge is 2.46. The van der Waals surface area contributed by atoms with Crippen molar-refractivity contribution in [3.05, 3.63) is 59.7 Å². The molecule has 2 aliphatic rings. The number of sulfonamides is 1. The van der Waals surface area contributed by atoms with E-state index in [9.17, 15) is 21.9 Å². The Balaban J connectivity index is 1.54. The Morgan fingerprint density at radius 2 is 2.00 bits per heavy atom. The van der Waals surface area contributed by atoms with Crippen molar-refractivity contribution in [2.45, 2.75) is 36.0 Å². The maximum Gasteiger partial charge on any atom is 0.416 e. The largest absolute Gasteiger partial charge is 0.593 e. The van der Waals surface area contributed by atoms with Crippen molar-refractivity contribution >= 4 is 10.4 Å². The van der Waals surface area contributed by atoms with Gasteiger partial charge in [0, 0.05) is 13.1 Å². The summed E-state index contributed by atoms with van der Waals surface area (Å²) in [6.45, 7) is 1.51. The van der Waals surface area contributed by atoms with Crippen LogP contribution in [0.2, 0.25) is 0 Å². The Morgan fingerprint density at radius 3 is 2.79 bits per heavy atom. The second-order valence-corrected chi connectivity index (χ2v) is 9.28. The number of hydrogen-bond acceptors (Lipinski definition) is 4. The molecule has 2 unspecified atom stereocenters. The molecule has 2 heterocycles. The number of alkyl halides is 3. The van der Waals surface area contributed by atoms with Crippen molar-refractivity contribution < 1.29 is 26.7 Å². The van der Waals surface area contributed by atoms with Crippen LogP contribution in [0.1, 0.15) is 24.0 Å². The zero-order chi connectivity index (χ0) is 20.7. The van der Waals surface area contributed by atoms with E-state index in [1.54, 1.807) is 24.3 Å². The van der Waals surface area contributed by atoms with Crippen LogP contribution in [-0.4, -0.2) is 34.7 Å². The quantitative estimate of drug-likeness (QED) is 0.745. The molecule has 0 saturated carbocycles. The monoisotopic (exact) mass is 426 g/mol. The number of nitrogens with one attached hydrogen (secondary N) is 1. The highest BCUT2D eigenvalue weighted by molar-refractivity contribution is 7.96. The molecule has 156 valence electrons. The first kappa shape index (κ1) is 20.3. The molecule has 9 heteroatoms. The van der Waals surface area contributed by atoms with Crippen molar-refractivity contribution in [1.29, 1.82) is 0 Å². The molecule has 5 nitrogen and oxygen atoms in total. The van der Waals surface area contributed by atoms with Crippen LogP contribution in [0, 0.1) is 0 Å². The normalized spacial score (nSPS) is 27.9. The molecule has 1 spiro atoms. The van der Waals surface area contributed by atoms with E-state index in [1.807, 2.05) is 4.90 Å². The third-order valence-corrected chi connectivity index (χ3v) is 6.93. The average Bonchev–Trinajstić information content (AvgIpc) is 2.76. The summed E-state index contributed by atoms with van der Waals surface area (Å²) >= 11 is 0. The number of piperidine rings is 1. The first-order chi connectivity index (χ1) is 13.7. The fourth-order valence-corrected chi connectivity index (χ4v) is 5.60. The maximum absolute atomic E-state index is 13.0. The molecule has 2 aromatic rings. The lowest BCUT2D eigenvalue weighted by Gasteiger charge is -2.41. The molecule has 2 aliphatic heterocycles. The minimum atomic E-state index is -4.39. The topological polar surface area (TPSA) is 64.6 Å². The molecule has 2 atom stereocenters. The Morgan fingerprint density at radius 1 is 1.21 bits per heavy atom. The van der Waals surface area contributed by atoms with Gasteiger partial charge in [-0.1, -0.05) is 34.5 Å². The highest BCUT2D eigenvalue weighted by Crippen LogP contribution is 2.35. The molecule has 1 N–H and O–H groups in total. The molecule has 1 fully saturated rings. The van der Waals surface area contributed by atoms with Crippen molar-refractivity contribution in [2.24, 2.45) is 0 Å². The van der Waals surface area contributed by atoms with Crippen LogP contribution >= 0.6 is 0 Å². The minimum Gasteiger partial charge on any atom is -0.593 e. The van der Waals surface area contributed by atoms with Crippen LogP contribution in [0.4, 0.5) is 13.2 Å². The van der Waals surface area contributed by atoms with Gasteiger partial charge in [0.25, 0.3) is 0 Å². The number of fused-ring (bicyclic) bond motifs is 1. The summed E-state index contributed by atoms with van der Waals surface area (Å²) in [6, 6.07) is 11.7. The van der Waals surface area contributed by atoms with Crippen LogP contribution in [0.15, 0.2) is 53.4 Å². The molecule has 0 radical (unpaired) electrons. The van der Waals surface area contributed by atoms with Gasteiger partial charge in [-0.2, -0.15) is 13.2 Å². The van der Waals surface area contributed by atoms with Gasteiger partial charge in [-0.25, -0.2) is 0 Å². The number of halogens is 3. The van der Waals surface area contributed by atoms with Crippen molar-refractivity contribution in [3.8, 4) is 5.75 Å². The number of rotatable bonds is 2. The summed E-state index contributed by atoms with van der Waals surface area (Å²) in [4.78, 5) is 2.08. The summed E-state index contributed by atoms with van der Waals surface area (Å²) in [5.74, 6) is 0.312. The first-order valence-corrected chi connectivity index (χ1v) is 10.8. The fourth-order valence-electron chi connectivity index (χ4n) is 4.04. The highest BCUT2D eigenvalue weighted by atomic mass is 32.3. The SMILES string of the molecule is O=[S+]1([O-])NC2(CCCN(Cc3cccc(C(F)(F)F)c3)C2)COc2ccccc21. The molecule has 0 amide bonds. The summed E-state index contributed by atoms with van der Waals surface area (Å²) in [7, 11) is -3.76. The van der Waals surface area contributed by atoms with Gasteiger partial charge in [-0.3, -0.25) is 4.90 Å². The Bertz CT molecular complexity index is 953. The predicted molar refractivity (Wildman–Crippen MR) is 101 cm³/mol. The number of hydrogen-bond donors (Lipinski definition) is 1. The van der Waals surface area contributed by atoms with Crippen LogP contribution in [0.3, 0.4) is 0 Å². The lowest BCUT2D eigenvalue weighted by atomic mass is 9.90. The van der Waals surface area contributed by atoms with Gasteiger partial charge in [0.15, 0.2) is 16.1 Å². The van der Waals surface area contributed by atoms with E-state index in [-0.39, 0.29) is 11.5 Å². The molecular formula is C20H21F3N2O3S. The van der Waals surface area contributed by atoms with Gasteiger partial charge in [0.1, 0.15) is 12.1 Å². The van der Waals surface area contributed by atoms with Crippen LogP contribution in [0.25, 0.3) is 0 Å². The third-order valence-electron chi connectivity index (χ3n) is 5.31. The molecule has 1 saturated heterocycles. The molecular weight excluding hydrogens is 405 g/mol. The number of benzene rings is 2. The molecule has 4 rings (SSSR count). The molecule has 0 aromatic heterocycles. The molecule has 0 aliphatic carbocycles. The summed E-state index contributed by atoms with van der Waals surface area (Å²) in [5, 5.41) is 0. The summed E-state index contributed by atoms with van der Waals surface area (Å²) < 4.78 is 73.3. The van der Waals surface area contributed by atoms with Crippen molar-refractivity contribution in [3.63, 3.8) is 0 Å². The van der Waals surface area contributed by atoms with Gasteiger partial charge in [0.05, 0.1) is 5.56 Å². The van der Waals surface area contributed by atoms with Crippen LogP contribution in [-0.2, 0) is 27.3 Å². The zero-order valence-electron chi connectivity index (χ0n) is 15.6. The third kappa shape index (κ3) is 4.32. The molecule has 29 heavy (non-hydrogen) atoms. The van der Waals surface area contributed by atoms with E-state index in [1.165, 1.54) is 12.1 Å². The van der Waals surface area contributed by atoms with E-state index in [4.69, 9.17) is 4.74 Å². The Hall–Kier alpha value is -1.94. The van der Waals surface area contributed by atoms with Gasteiger partial charge < -0.3 is 9.29 Å². The number of nitrogens with zero attached hydrogens (tertiary/aromatic N) is 1. The second-order valence-electron chi connectivity index (χ2n) is 7.63. The summed E-state index contributed by atoms with van der Waals surface area (Å²) in [6.07, 6.45) is -3.09. The van der Waals surface area contributed by atoms with Crippen LogP contribution < -0.4 is 9.46 Å². The average molecular weight is 426 g/mol. The summed E-state index contributed by atoms with van der Waals surface area (Å²) in [5.41, 5.74) is -0.967. The van der Waals surface area contributed by atoms with E-state index in [0.717, 1.165) is 12.1 Å². The lowest BCUT2D eigenvalue weighted by Crippen LogP contribution is -2.61. The van der Waals surface area contributed by atoms with Gasteiger partial charge in [-0.15, -0.1) is 4.72 Å². The van der Waals surface area contributed by atoms with Crippen molar-refractivity contribution in [1.82, 2.24) is 9.62 Å². The van der Waals surface area contributed by atoms with Crippen molar-refractivity contribution in [2.75, 3.05) is 19.7 Å². The van der Waals surface area contributed by atoms with E-state index >= 15 is 0 Å². The fraction of sp³-hybridized carbons (Fsp3) is 0.400. The number of ether oxygens (including phenoxy) is 1. The van der Waals surface area contributed by atoms with Crippen LogP contribution in [0.5, 0.6) is 5.75 Å². The zero-order valence-corrected chi connectivity index (χ0v) is 16.4.